The lowest BCUT2D eigenvalue weighted by Gasteiger charge is -2.13. The molecule has 0 amide bonds. The summed E-state index contributed by atoms with van der Waals surface area (Å²) < 4.78 is 40.9. The molecule has 2 heterocycles. The van der Waals surface area contributed by atoms with E-state index in [1.807, 2.05) is 7.05 Å². The zero-order valence-electron chi connectivity index (χ0n) is 10.6. The van der Waals surface area contributed by atoms with Gasteiger partial charge in [-0.1, -0.05) is 0 Å². The number of anilines is 1. The highest BCUT2D eigenvalue weighted by Gasteiger charge is 2.33. The van der Waals surface area contributed by atoms with Crippen molar-refractivity contribution in [1.82, 2.24) is 14.5 Å². The Morgan fingerprint density at radius 3 is 2.75 bits per heavy atom. The summed E-state index contributed by atoms with van der Waals surface area (Å²) >= 11 is 3.37. The van der Waals surface area contributed by atoms with E-state index in [4.69, 9.17) is 0 Å². The second-order valence-electron chi connectivity index (χ2n) is 4.19. The van der Waals surface area contributed by atoms with Gasteiger partial charge in [-0.05, 0) is 22.0 Å². The highest BCUT2D eigenvalue weighted by molar-refractivity contribution is 9.10. The fourth-order valence-electron chi connectivity index (χ4n) is 1.72. The molecule has 0 saturated heterocycles. The van der Waals surface area contributed by atoms with Gasteiger partial charge in [0, 0.05) is 38.1 Å². The molecular formula is C12H12BrF3N4. The highest BCUT2D eigenvalue weighted by atomic mass is 79.9. The maximum Gasteiger partial charge on any atom is 0.419 e. The number of nitrogens with one attached hydrogen (secondary N) is 1. The van der Waals surface area contributed by atoms with Crippen LogP contribution >= 0.6 is 15.9 Å². The second-order valence-corrected chi connectivity index (χ2v) is 4.94. The molecule has 2 aromatic heterocycles. The average molecular weight is 349 g/mol. The zero-order valence-corrected chi connectivity index (χ0v) is 12.2. The van der Waals surface area contributed by atoms with Crippen LogP contribution in [0.15, 0.2) is 29.4 Å². The first kappa shape index (κ1) is 14.8. The minimum atomic E-state index is -4.41. The van der Waals surface area contributed by atoms with Crippen molar-refractivity contribution in [2.24, 2.45) is 7.05 Å². The van der Waals surface area contributed by atoms with Crippen LogP contribution in [-0.4, -0.2) is 21.1 Å². The summed E-state index contributed by atoms with van der Waals surface area (Å²) in [5, 5.41) is 2.77. The molecule has 0 atom stereocenters. The number of aryl methyl sites for hydroxylation is 1. The molecule has 0 radical (unpaired) electrons. The standard InChI is InChI=1S/C12H12BrF3N4/c1-20-7-19-10(11(20)13)3-5-18-9-2-4-17-6-8(9)12(14,15)16/h2,4,6-7H,3,5H2,1H3,(H,17,18). The van der Waals surface area contributed by atoms with Gasteiger partial charge in [0.2, 0.25) is 0 Å². The summed E-state index contributed by atoms with van der Waals surface area (Å²) in [5.74, 6) is 0. The Kier molecular flexibility index (Phi) is 4.32. The summed E-state index contributed by atoms with van der Waals surface area (Å²) in [5.41, 5.74) is 0.0576. The molecular weight excluding hydrogens is 337 g/mol. The first-order valence-corrected chi connectivity index (χ1v) is 6.59. The monoisotopic (exact) mass is 348 g/mol. The predicted octanol–water partition coefficient (Wildman–Crippen LogP) is 3.25. The van der Waals surface area contributed by atoms with Crippen molar-refractivity contribution in [2.75, 3.05) is 11.9 Å². The quantitative estimate of drug-likeness (QED) is 0.922. The fraction of sp³-hybridized carbons (Fsp3) is 0.333. The van der Waals surface area contributed by atoms with Gasteiger partial charge in [-0.25, -0.2) is 4.98 Å². The Morgan fingerprint density at radius 2 is 2.15 bits per heavy atom. The Balaban J connectivity index is 2.03. The van der Waals surface area contributed by atoms with Crippen LogP contribution in [0.25, 0.3) is 0 Å². The molecule has 108 valence electrons. The Hall–Kier alpha value is -1.57. The second kappa shape index (κ2) is 5.82. The van der Waals surface area contributed by atoms with Crippen LogP contribution in [0.5, 0.6) is 0 Å². The summed E-state index contributed by atoms with van der Waals surface area (Å²) in [6, 6.07) is 1.32. The van der Waals surface area contributed by atoms with E-state index in [2.05, 4.69) is 31.2 Å². The van der Waals surface area contributed by atoms with E-state index in [9.17, 15) is 13.2 Å². The zero-order chi connectivity index (χ0) is 14.8. The number of alkyl halides is 3. The third kappa shape index (κ3) is 3.30. The minimum Gasteiger partial charge on any atom is -0.384 e. The third-order valence-electron chi connectivity index (χ3n) is 2.74. The SMILES string of the molecule is Cn1cnc(CCNc2ccncc2C(F)(F)F)c1Br. The van der Waals surface area contributed by atoms with E-state index in [1.165, 1.54) is 12.3 Å². The largest absolute Gasteiger partial charge is 0.419 e. The Morgan fingerprint density at radius 1 is 1.40 bits per heavy atom. The van der Waals surface area contributed by atoms with Gasteiger partial charge in [-0.2, -0.15) is 13.2 Å². The van der Waals surface area contributed by atoms with E-state index >= 15 is 0 Å². The van der Waals surface area contributed by atoms with Crippen molar-refractivity contribution < 1.29 is 13.2 Å². The van der Waals surface area contributed by atoms with Gasteiger partial charge in [-0.3, -0.25) is 4.98 Å². The van der Waals surface area contributed by atoms with Crippen molar-refractivity contribution in [2.45, 2.75) is 12.6 Å². The normalized spacial score (nSPS) is 11.7. The van der Waals surface area contributed by atoms with Crippen molar-refractivity contribution in [3.8, 4) is 0 Å². The number of halogens is 4. The van der Waals surface area contributed by atoms with Crippen LogP contribution in [0.2, 0.25) is 0 Å². The number of hydrogen-bond donors (Lipinski definition) is 1. The van der Waals surface area contributed by atoms with Crippen molar-refractivity contribution in [3.63, 3.8) is 0 Å². The third-order valence-corrected chi connectivity index (χ3v) is 3.76. The van der Waals surface area contributed by atoms with Crippen LogP contribution in [0.3, 0.4) is 0 Å². The minimum absolute atomic E-state index is 0.0274. The maximum absolute atomic E-state index is 12.8. The lowest BCUT2D eigenvalue weighted by Crippen LogP contribution is -2.13. The summed E-state index contributed by atoms with van der Waals surface area (Å²) in [6.45, 7) is 0.350. The van der Waals surface area contributed by atoms with Crippen LogP contribution in [0, 0.1) is 0 Å². The topological polar surface area (TPSA) is 42.7 Å². The van der Waals surface area contributed by atoms with E-state index in [-0.39, 0.29) is 5.69 Å². The van der Waals surface area contributed by atoms with Crippen LogP contribution < -0.4 is 5.32 Å². The smallest absolute Gasteiger partial charge is 0.384 e. The maximum atomic E-state index is 12.8. The molecule has 0 saturated carbocycles. The molecule has 0 unspecified atom stereocenters. The van der Waals surface area contributed by atoms with E-state index in [0.29, 0.717) is 13.0 Å². The first-order valence-electron chi connectivity index (χ1n) is 5.80. The van der Waals surface area contributed by atoms with Gasteiger partial charge in [0.1, 0.15) is 4.60 Å². The number of nitrogens with zero attached hydrogens (tertiary/aromatic N) is 3. The molecule has 0 bridgehead atoms. The number of pyridine rings is 1. The van der Waals surface area contributed by atoms with Gasteiger partial charge in [0.25, 0.3) is 0 Å². The molecule has 0 aromatic carbocycles. The first-order chi connectivity index (χ1) is 9.39. The number of rotatable bonds is 4. The lowest BCUT2D eigenvalue weighted by atomic mass is 10.2. The molecule has 1 N–H and O–H groups in total. The van der Waals surface area contributed by atoms with Gasteiger partial charge < -0.3 is 9.88 Å². The molecule has 20 heavy (non-hydrogen) atoms. The van der Waals surface area contributed by atoms with Crippen molar-refractivity contribution >= 4 is 21.6 Å². The average Bonchev–Trinajstić information content (AvgIpc) is 2.70. The molecule has 0 aliphatic carbocycles. The summed E-state index contributed by atoms with van der Waals surface area (Å²) in [4.78, 5) is 7.67. The van der Waals surface area contributed by atoms with Gasteiger partial charge in [0.05, 0.1) is 17.6 Å². The van der Waals surface area contributed by atoms with Gasteiger partial charge in [-0.15, -0.1) is 0 Å². The Labute approximate surface area is 122 Å². The highest BCUT2D eigenvalue weighted by Crippen LogP contribution is 2.33. The van der Waals surface area contributed by atoms with Gasteiger partial charge >= 0.3 is 6.18 Å². The van der Waals surface area contributed by atoms with Crippen LogP contribution in [0.1, 0.15) is 11.3 Å². The molecule has 0 aliphatic heterocycles. The predicted molar refractivity (Wildman–Crippen MR) is 72.3 cm³/mol. The Bertz CT molecular complexity index is 595. The lowest BCUT2D eigenvalue weighted by molar-refractivity contribution is -0.137. The summed E-state index contributed by atoms with van der Waals surface area (Å²) in [7, 11) is 1.83. The summed E-state index contributed by atoms with van der Waals surface area (Å²) in [6.07, 6.45) is -0.108. The molecule has 2 aromatic rings. The fourth-order valence-corrected chi connectivity index (χ4v) is 2.11. The van der Waals surface area contributed by atoms with Crippen LogP contribution in [0.4, 0.5) is 18.9 Å². The molecule has 4 nitrogen and oxygen atoms in total. The number of imidazole rings is 1. The van der Waals surface area contributed by atoms with E-state index in [0.717, 1.165) is 16.5 Å². The van der Waals surface area contributed by atoms with E-state index < -0.39 is 11.7 Å². The number of aromatic nitrogens is 3. The number of hydrogen-bond acceptors (Lipinski definition) is 3. The molecule has 2 rings (SSSR count). The molecule has 0 aliphatic rings. The van der Waals surface area contributed by atoms with Crippen molar-refractivity contribution in [1.29, 1.82) is 0 Å². The molecule has 8 heteroatoms. The van der Waals surface area contributed by atoms with Crippen LogP contribution in [-0.2, 0) is 19.6 Å². The van der Waals surface area contributed by atoms with Gasteiger partial charge in [0.15, 0.2) is 0 Å². The molecule has 0 fully saturated rings. The van der Waals surface area contributed by atoms with Crippen molar-refractivity contribution in [3.05, 3.63) is 40.6 Å². The molecule has 0 spiro atoms. The van der Waals surface area contributed by atoms with E-state index in [1.54, 1.807) is 10.9 Å².